The molecule has 7 aromatic rings. The van der Waals surface area contributed by atoms with Crippen LogP contribution in [0, 0.1) is 0 Å². The highest BCUT2D eigenvalue weighted by atomic mass is 15.0. The van der Waals surface area contributed by atoms with Crippen molar-refractivity contribution in [2.75, 3.05) is 0 Å². The number of fused-ring (bicyclic) bond motifs is 9. The summed E-state index contributed by atoms with van der Waals surface area (Å²) in [4.78, 5) is 0. The molecule has 1 heterocycles. The highest BCUT2D eigenvalue weighted by Crippen LogP contribution is 2.36. The zero-order valence-electron chi connectivity index (χ0n) is 23.6. The second kappa shape index (κ2) is 9.48. The first-order valence-corrected chi connectivity index (χ1v) is 15.0. The molecule has 2 aliphatic rings. The van der Waals surface area contributed by atoms with Crippen molar-refractivity contribution in [1.82, 2.24) is 4.57 Å². The van der Waals surface area contributed by atoms with Gasteiger partial charge in [0.25, 0.3) is 0 Å². The third-order valence-electron chi connectivity index (χ3n) is 9.17. The molecule has 0 N–H and O–H groups in total. The van der Waals surface area contributed by atoms with Gasteiger partial charge in [0.15, 0.2) is 0 Å². The topological polar surface area (TPSA) is 4.93 Å². The Balaban J connectivity index is 1.17. The average Bonchev–Trinajstić information content (AvgIpc) is 3.42. The van der Waals surface area contributed by atoms with E-state index in [1.165, 1.54) is 65.1 Å². The lowest BCUT2D eigenvalue weighted by atomic mass is 9.86. The summed E-state index contributed by atoms with van der Waals surface area (Å²) in [7, 11) is 0. The first-order chi connectivity index (χ1) is 21.3. The van der Waals surface area contributed by atoms with E-state index in [4.69, 9.17) is 0 Å². The van der Waals surface area contributed by atoms with E-state index < -0.39 is 0 Å². The van der Waals surface area contributed by atoms with Gasteiger partial charge in [-0.3, -0.25) is 0 Å². The standard InChI is InChI=1S/C42H27N/c1-2-13-32(14-3-1)43-41-20-9-8-19-38(41)40-27-31(22-24-42(40)43)29-12-10-11-28(25-29)30-21-23-37-35-17-5-4-15-33(35)34-16-6-7-18-36(34)39(37)26-30/h1-7,10-20,22-27,30H,21H2. The van der Waals surface area contributed by atoms with Gasteiger partial charge >= 0.3 is 0 Å². The summed E-state index contributed by atoms with van der Waals surface area (Å²) in [6, 6.07) is 44.3. The molecule has 1 unspecified atom stereocenters. The average molecular weight is 546 g/mol. The Kier molecular flexibility index (Phi) is 5.31. The smallest absolute Gasteiger partial charge is 0.0631 e. The first kappa shape index (κ1) is 24.1. The molecule has 9 rings (SSSR count). The minimum Gasteiger partial charge on any atom is -0.309 e. The van der Waals surface area contributed by atoms with Gasteiger partial charge in [-0.1, -0.05) is 121 Å². The third kappa shape index (κ3) is 3.74. The first-order valence-electron chi connectivity index (χ1n) is 15.0. The molecule has 2 aliphatic carbocycles. The number of hydrogen-bond acceptors (Lipinski definition) is 0. The van der Waals surface area contributed by atoms with Crippen LogP contribution in [0.1, 0.15) is 29.2 Å². The fourth-order valence-corrected chi connectivity index (χ4v) is 7.18. The lowest BCUT2D eigenvalue weighted by Gasteiger charge is -2.18. The van der Waals surface area contributed by atoms with Crippen LogP contribution in [0.15, 0.2) is 133 Å². The zero-order chi connectivity index (χ0) is 28.3. The molecule has 1 atom stereocenters. The van der Waals surface area contributed by atoms with Crippen molar-refractivity contribution < 1.29 is 0 Å². The van der Waals surface area contributed by atoms with Crippen molar-refractivity contribution >= 4 is 56.8 Å². The maximum absolute atomic E-state index is 3.19. The summed E-state index contributed by atoms with van der Waals surface area (Å²) in [5, 5.41) is 9.31. The number of hydrogen-bond donors (Lipinski definition) is 0. The van der Waals surface area contributed by atoms with Gasteiger partial charge in [-0.2, -0.15) is 0 Å². The van der Waals surface area contributed by atoms with Crippen LogP contribution in [0.4, 0.5) is 0 Å². The monoisotopic (exact) mass is 545 g/mol. The van der Waals surface area contributed by atoms with Crippen molar-refractivity contribution in [3.8, 4) is 16.8 Å². The molecule has 0 spiro atoms. The van der Waals surface area contributed by atoms with Gasteiger partial charge in [-0.15, -0.1) is 0 Å². The Morgan fingerprint density at radius 1 is 0.558 bits per heavy atom. The van der Waals surface area contributed by atoms with Crippen molar-refractivity contribution in [3.05, 3.63) is 160 Å². The fraction of sp³-hybridized carbons (Fsp3) is 0.0476. The van der Waals surface area contributed by atoms with E-state index in [0.717, 1.165) is 17.8 Å². The van der Waals surface area contributed by atoms with Crippen LogP contribution in [0.2, 0.25) is 0 Å². The molecule has 1 nitrogen and oxygen atoms in total. The molecule has 0 radical (unpaired) electrons. The van der Waals surface area contributed by atoms with E-state index >= 15 is 0 Å². The van der Waals surface area contributed by atoms with Crippen LogP contribution in [0.5, 0.6) is 0 Å². The summed E-state index contributed by atoms with van der Waals surface area (Å²) in [6.07, 6.45) is 10.1. The van der Waals surface area contributed by atoms with E-state index in [2.05, 4.69) is 156 Å². The second-order valence-electron chi connectivity index (χ2n) is 11.5. The molecule has 0 saturated carbocycles. The van der Waals surface area contributed by atoms with E-state index in [-0.39, 0.29) is 0 Å². The second-order valence-corrected chi connectivity index (χ2v) is 11.5. The molecular formula is C42H27N. The molecule has 1 aromatic heterocycles. The molecule has 43 heavy (non-hydrogen) atoms. The van der Waals surface area contributed by atoms with Crippen molar-refractivity contribution in [3.63, 3.8) is 0 Å². The van der Waals surface area contributed by atoms with Gasteiger partial charge in [-0.25, -0.2) is 0 Å². The van der Waals surface area contributed by atoms with Gasteiger partial charge in [0, 0.05) is 28.6 Å². The number of rotatable bonds is 3. The Morgan fingerprint density at radius 2 is 1.26 bits per heavy atom. The molecule has 0 amide bonds. The molecule has 0 aliphatic heterocycles. The zero-order valence-corrected chi connectivity index (χ0v) is 23.6. The summed E-state index contributed by atoms with van der Waals surface area (Å²) >= 11 is 0. The molecule has 1 heteroatoms. The van der Waals surface area contributed by atoms with Gasteiger partial charge < -0.3 is 4.57 Å². The van der Waals surface area contributed by atoms with Crippen molar-refractivity contribution in [1.29, 1.82) is 0 Å². The van der Waals surface area contributed by atoms with E-state index in [1.54, 1.807) is 0 Å². The molecular weight excluding hydrogens is 518 g/mol. The highest BCUT2D eigenvalue weighted by molar-refractivity contribution is 6.08. The predicted octanol–water partition coefficient (Wildman–Crippen LogP) is 9.15. The Labute approximate surface area is 250 Å². The van der Waals surface area contributed by atoms with E-state index in [0.29, 0.717) is 5.92 Å². The van der Waals surface area contributed by atoms with Gasteiger partial charge in [-0.05, 0) is 85.4 Å². The summed E-state index contributed by atoms with van der Waals surface area (Å²) in [6.45, 7) is 0. The minimum atomic E-state index is 0.325. The normalized spacial score (nSPS) is 14.9. The third-order valence-corrected chi connectivity index (χ3v) is 9.17. The number of nitrogens with zero attached hydrogens (tertiary/aromatic N) is 1. The van der Waals surface area contributed by atoms with E-state index in [9.17, 15) is 0 Å². The number of para-hydroxylation sites is 1. The predicted molar refractivity (Wildman–Crippen MR) is 182 cm³/mol. The van der Waals surface area contributed by atoms with Crippen molar-refractivity contribution in [2.24, 2.45) is 0 Å². The molecule has 0 fully saturated rings. The quantitative estimate of drug-likeness (QED) is 0.154. The lowest BCUT2D eigenvalue weighted by molar-refractivity contribution is 0.924. The summed E-state index contributed by atoms with van der Waals surface area (Å²) in [5.41, 5.74) is 14.9. The Hall–Kier alpha value is -5.58. The lowest BCUT2D eigenvalue weighted by Crippen LogP contribution is -2.30. The maximum atomic E-state index is 3.19. The Bertz CT molecular complexity index is 2500. The maximum Gasteiger partial charge on any atom is 0.0631 e. The SMILES string of the molecule is C1=C=Cc2c(c3cc(-c4cccc(C5C=c6c(c7ccccc7c7ccccc67)=CC5)c4)ccc3n2-c2ccccc2)C=1. The Morgan fingerprint density at radius 3 is 2.07 bits per heavy atom. The van der Waals surface area contributed by atoms with Crippen LogP contribution < -0.4 is 10.4 Å². The molecule has 0 saturated heterocycles. The van der Waals surface area contributed by atoms with Gasteiger partial charge in [0.05, 0.1) is 11.2 Å². The largest absolute Gasteiger partial charge is 0.309 e. The summed E-state index contributed by atoms with van der Waals surface area (Å²) < 4.78 is 2.33. The van der Waals surface area contributed by atoms with Gasteiger partial charge in [0.2, 0.25) is 0 Å². The van der Waals surface area contributed by atoms with Crippen LogP contribution in [0.25, 0.3) is 73.6 Å². The minimum absolute atomic E-state index is 0.325. The van der Waals surface area contributed by atoms with Crippen molar-refractivity contribution in [2.45, 2.75) is 12.3 Å². The van der Waals surface area contributed by atoms with Crippen LogP contribution in [0.3, 0.4) is 0 Å². The molecule has 6 aromatic carbocycles. The highest BCUT2D eigenvalue weighted by Gasteiger charge is 2.18. The van der Waals surface area contributed by atoms with Gasteiger partial charge in [0.1, 0.15) is 0 Å². The number of benzene rings is 6. The number of aromatic nitrogens is 1. The van der Waals surface area contributed by atoms with Crippen LogP contribution >= 0.6 is 0 Å². The fourth-order valence-electron chi connectivity index (χ4n) is 7.18. The summed E-state index contributed by atoms with van der Waals surface area (Å²) in [5.74, 6) is 0.325. The molecule has 0 bridgehead atoms. The van der Waals surface area contributed by atoms with E-state index in [1.807, 2.05) is 6.08 Å². The van der Waals surface area contributed by atoms with Crippen LogP contribution in [-0.4, -0.2) is 4.57 Å². The van der Waals surface area contributed by atoms with Crippen LogP contribution in [-0.2, 0) is 0 Å². The molecule has 200 valence electrons.